The Morgan fingerprint density at radius 3 is 2.73 bits per heavy atom. The second-order valence-corrected chi connectivity index (χ2v) is 1.82. The zero-order valence-electron chi connectivity index (χ0n) is 8.38. The number of nitrogens with two attached hydrogens (primary N) is 1. The second kappa shape index (κ2) is 2.49. The first-order valence-electron chi connectivity index (χ1n) is 4.19. The van der Waals surface area contributed by atoms with Gasteiger partial charge in [0.05, 0.1) is 9.68 Å². The van der Waals surface area contributed by atoms with Crippen molar-refractivity contribution in [1.29, 1.82) is 0 Å². The van der Waals surface area contributed by atoms with Gasteiger partial charge in [-0.05, 0) is 12.1 Å². The molecule has 1 aromatic carbocycles. The molecule has 0 aliphatic heterocycles. The maximum Gasteiger partial charge on any atom is 0.335 e. The summed E-state index contributed by atoms with van der Waals surface area (Å²) < 4.78 is 21.6. The molecule has 1 rings (SSSR count). The molecule has 58 valence electrons. The van der Waals surface area contributed by atoms with E-state index >= 15 is 0 Å². The molecule has 0 unspecified atom stereocenters. The summed E-state index contributed by atoms with van der Waals surface area (Å²) >= 11 is 0. The number of nitrogen functional groups attached to an aromatic ring is 1. The molecule has 0 fully saturated rings. The maximum atomic E-state index is 10.6. The molecule has 4 N–H and O–H groups in total. The lowest BCUT2D eigenvalue weighted by atomic mass is 10.2. The van der Waals surface area contributed by atoms with Crippen LogP contribution < -0.4 is 5.73 Å². The topological polar surface area (TPSA) is 83.6 Å². The van der Waals surface area contributed by atoms with Crippen LogP contribution >= 0.6 is 0 Å². The third-order valence-electron chi connectivity index (χ3n) is 0.970. The van der Waals surface area contributed by atoms with Crippen LogP contribution in [0.3, 0.4) is 0 Å². The lowest BCUT2D eigenvalue weighted by Gasteiger charge is -1.97. The molecule has 0 saturated carbocycles. The number of phenolic OH excluding ortho intramolecular Hbond substituents is 1. The van der Waals surface area contributed by atoms with E-state index in [-0.39, 0.29) is 0 Å². The van der Waals surface area contributed by atoms with Crippen molar-refractivity contribution in [2.45, 2.75) is 0 Å². The van der Waals surface area contributed by atoms with Crippen LogP contribution in [0.25, 0.3) is 0 Å². The molecule has 0 saturated heterocycles. The van der Waals surface area contributed by atoms with E-state index in [0.29, 0.717) is 0 Å². The van der Waals surface area contributed by atoms with Gasteiger partial charge < -0.3 is 15.9 Å². The van der Waals surface area contributed by atoms with Gasteiger partial charge in [-0.25, -0.2) is 4.79 Å². The summed E-state index contributed by atoms with van der Waals surface area (Å²) in [6.07, 6.45) is 0. The Morgan fingerprint density at radius 2 is 2.18 bits per heavy atom. The average Bonchev–Trinajstić information content (AvgIpc) is 2.11. The molecule has 0 aliphatic rings. The number of benzene rings is 1. The van der Waals surface area contributed by atoms with E-state index in [4.69, 9.17) is 20.1 Å². The van der Waals surface area contributed by atoms with E-state index in [9.17, 15) is 4.79 Å². The number of anilines is 1. The fourth-order valence-electron chi connectivity index (χ4n) is 0.581. The van der Waals surface area contributed by atoms with Crippen molar-refractivity contribution in [3.05, 3.63) is 23.7 Å². The summed E-state index contributed by atoms with van der Waals surface area (Å²) in [4.78, 5) is 10.6. The minimum Gasteiger partial charge on any atom is -0.508 e. The number of carbonyl (C=O) groups is 1. The zero-order chi connectivity index (χ0) is 11.0. The van der Waals surface area contributed by atoms with Crippen molar-refractivity contribution in [3.8, 4) is 5.75 Å². The van der Waals surface area contributed by atoms with Gasteiger partial charge in [0.2, 0.25) is 0 Å². The maximum absolute atomic E-state index is 10.6. The first-order chi connectivity index (χ1) is 6.37. The van der Waals surface area contributed by atoms with Crippen molar-refractivity contribution in [1.82, 2.24) is 0 Å². The standard InChI is InChI=1S/C7H7NO3/c8-5-1-4(7(10)11)2-6(9)3-5/h1-3,9H,8H2,(H,10,11)/i1D,2D,3D. The molecular formula is C7H7NO3. The van der Waals surface area contributed by atoms with Crippen LogP contribution in [-0.2, 0) is 0 Å². The van der Waals surface area contributed by atoms with Gasteiger partial charge in [0, 0.05) is 11.7 Å². The summed E-state index contributed by atoms with van der Waals surface area (Å²) in [5, 5.41) is 17.8. The molecule has 0 spiro atoms. The Morgan fingerprint density at radius 1 is 1.55 bits per heavy atom. The molecule has 1 aromatic rings. The van der Waals surface area contributed by atoms with Crippen LogP contribution in [0.15, 0.2) is 18.1 Å². The van der Waals surface area contributed by atoms with Gasteiger partial charge in [0.25, 0.3) is 0 Å². The molecule has 0 heterocycles. The minimum atomic E-state index is -1.53. The zero-order valence-corrected chi connectivity index (χ0v) is 5.38. The fraction of sp³-hybridized carbons (Fsp3) is 0. The molecule has 0 aromatic heterocycles. The van der Waals surface area contributed by atoms with E-state index in [2.05, 4.69) is 0 Å². The Bertz CT molecular complexity index is 390. The highest BCUT2D eigenvalue weighted by Crippen LogP contribution is 2.16. The lowest BCUT2D eigenvalue weighted by molar-refractivity contribution is 0.0696. The highest BCUT2D eigenvalue weighted by molar-refractivity contribution is 5.89. The van der Waals surface area contributed by atoms with E-state index < -0.39 is 41.1 Å². The van der Waals surface area contributed by atoms with Crippen molar-refractivity contribution in [2.75, 3.05) is 5.73 Å². The summed E-state index contributed by atoms with van der Waals surface area (Å²) in [7, 11) is 0. The van der Waals surface area contributed by atoms with Gasteiger partial charge in [-0.2, -0.15) is 0 Å². The van der Waals surface area contributed by atoms with Crippen LogP contribution in [-0.4, -0.2) is 16.2 Å². The summed E-state index contributed by atoms with van der Waals surface area (Å²) in [5.74, 6) is -2.35. The van der Waals surface area contributed by atoms with E-state index in [1.165, 1.54) is 0 Å². The molecule has 0 radical (unpaired) electrons. The van der Waals surface area contributed by atoms with E-state index in [1.54, 1.807) is 0 Å². The highest BCUT2D eigenvalue weighted by Gasteiger charge is 2.03. The van der Waals surface area contributed by atoms with Gasteiger partial charge in [-0.3, -0.25) is 0 Å². The predicted molar refractivity (Wildman–Crippen MR) is 39.5 cm³/mol. The summed E-state index contributed by atoms with van der Waals surface area (Å²) in [6, 6.07) is -1.97. The second-order valence-electron chi connectivity index (χ2n) is 1.82. The van der Waals surface area contributed by atoms with Gasteiger partial charge in [0.1, 0.15) is 5.75 Å². The summed E-state index contributed by atoms with van der Waals surface area (Å²) in [6.45, 7) is 0. The Kier molecular flexibility index (Phi) is 0.958. The average molecular weight is 156 g/mol. The van der Waals surface area contributed by atoms with Crippen molar-refractivity contribution in [3.63, 3.8) is 0 Å². The van der Waals surface area contributed by atoms with Crippen molar-refractivity contribution < 1.29 is 19.1 Å². The number of hydrogen-bond donors (Lipinski definition) is 3. The molecule has 4 nitrogen and oxygen atoms in total. The first-order valence-corrected chi connectivity index (χ1v) is 2.69. The van der Waals surface area contributed by atoms with Gasteiger partial charge in [-0.1, -0.05) is 0 Å². The molecule has 0 bridgehead atoms. The predicted octanol–water partition coefficient (Wildman–Crippen LogP) is 0.673. The van der Waals surface area contributed by atoms with Crippen LogP contribution in [0.5, 0.6) is 5.75 Å². The number of phenols is 1. The smallest absolute Gasteiger partial charge is 0.335 e. The largest absolute Gasteiger partial charge is 0.508 e. The van der Waals surface area contributed by atoms with E-state index in [0.717, 1.165) is 0 Å². The van der Waals surface area contributed by atoms with Crippen molar-refractivity contribution >= 4 is 11.7 Å². The third-order valence-corrected chi connectivity index (χ3v) is 0.970. The molecular weight excluding hydrogens is 146 g/mol. The Hall–Kier alpha value is -1.71. The molecule has 11 heavy (non-hydrogen) atoms. The van der Waals surface area contributed by atoms with Gasteiger partial charge in [0.15, 0.2) is 0 Å². The lowest BCUT2D eigenvalue weighted by Crippen LogP contribution is -1.97. The van der Waals surface area contributed by atoms with Gasteiger partial charge in [-0.15, -0.1) is 0 Å². The number of carboxylic acid groups (broad SMARTS) is 1. The SMILES string of the molecule is [2H]c1c(N)c([2H])c(C(=O)O)c([2H])c1O. The first kappa shape index (κ1) is 4.23. The number of rotatable bonds is 1. The third kappa shape index (κ3) is 1.61. The van der Waals surface area contributed by atoms with Crippen molar-refractivity contribution in [2.24, 2.45) is 0 Å². The molecule has 0 aliphatic carbocycles. The quantitative estimate of drug-likeness (QED) is 0.522. The summed E-state index contributed by atoms with van der Waals surface area (Å²) in [5.41, 5.74) is 4.06. The number of aromatic hydroxyl groups is 1. The van der Waals surface area contributed by atoms with Gasteiger partial charge >= 0.3 is 5.97 Å². The van der Waals surface area contributed by atoms with E-state index in [1.807, 2.05) is 0 Å². The fourth-order valence-corrected chi connectivity index (χ4v) is 0.581. The Labute approximate surface area is 67.1 Å². The van der Waals surface area contributed by atoms with Crippen LogP contribution in [0, 0.1) is 0 Å². The molecule has 4 heteroatoms. The Balaban J connectivity index is 3.68. The highest BCUT2D eigenvalue weighted by atomic mass is 16.4. The number of aromatic carboxylic acids is 1. The minimum absolute atomic E-state index is 0.448. The van der Waals surface area contributed by atoms with Crippen LogP contribution in [0.1, 0.15) is 14.5 Å². The van der Waals surface area contributed by atoms with Crippen LogP contribution in [0.2, 0.25) is 0 Å². The van der Waals surface area contributed by atoms with Crippen LogP contribution in [0.4, 0.5) is 5.69 Å². The number of carboxylic acids is 1. The molecule has 0 amide bonds. The molecule has 0 atom stereocenters. The number of hydrogen-bond acceptors (Lipinski definition) is 3. The normalized spacial score (nSPS) is 13.3. The monoisotopic (exact) mass is 156 g/mol.